The number of carbonyl (C=O) groups is 1. The molecule has 1 amide bonds. The molecule has 1 aromatic carbocycles. The first-order chi connectivity index (χ1) is 13.1. The molecule has 1 saturated heterocycles. The average Bonchev–Trinajstić information content (AvgIpc) is 3.34. The summed E-state index contributed by atoms with van der Waals surface area (Å²) in [7, 11) is 0. The van der Waals surface area contributed by atoms with Crippen LogP contribution in [-0.2, 0) is 5.54 Å². The summed E-state index contributed by atoms with van der Waals surface area (Å²) in [4.78, 5) is 19.4. The molecule has 8 nitrogen and oxygen atoms in total. The molecule has 3 heterocycles. The monoisotopic (exact) mass is 402 g/mol. The van der Waals surface area contributed by atoms with Crippen molar-refractivity contribution >= 4 is 29.2 Å². The van der Waals surface area contributed by atoms with Gasteiger partial charge in [-0.1, -0.05) is 5.16 Å². The molecule has 1 unspecified atom stereocenters. The van der Waals surface area contributed by atoms with E-state index in [0.29, 0.717) is 23.8 Å². The van der Waals surface area contributed by atoms with Crippen LogP contribution in [0.3, 0.4) is 0 Å². The fraction of sp³-hybridized carbons (Fsp3) is 0.474. The van der Waals surface area contributed by atoms with Crippen LogP contribution in [0.5, 0.6) is 0 Å². The van der Waals surface area contributed by atoms with Gasteiger partial charge in [-0.25, -0.2) is 0 Å². The molecule has 28 heavy (non-hydrogen) atoms. The van der Waals surface area contributed by atoms with Gasteiger partial charge in [-0.05, 0) is 50.3 Å². The molecule has 9 heteroatoms. The highest BCUT2D eigenvalue weighted by Crippen LogP contribution is 2.38. The van der Waals surface area contributed by atoms with Gasteiger partial charge in [-0.15, -0.1) is 12.4 Å². The number of likely N-dealkylation sites (tertiary alicyclic amines) is 1. The molecule has 1 aliphatic carbocycles. The lowest BCUT2D eigenvalue weighted by Crippen LogP contribution is -2.44. The molecule has 3 N–H and O–H groups in total. The third-order valence-electron chi connectivity index (χ3n) is 5.88. The highest BCUT2D eigenvalue weighted by atomic mass is 35.5. The Morgan fingerprint density at radius 1 is 1.32 bits per heavy atom. The van der Waals surface area contributed by atoms with Crippen LogP contribution in [0, 0.1) is 0 Å². The Kier molecular flexibility index (Phi) is 4.84. The summed E-state index contributed by atoms with van der Waals surface area (Å²) in [6.07, 6.45) is 6.48. The number of H-pyrrole nitrogens is 1. The molecule has 1 aliphatic heterocycles. The summed E-state index contributed by atoms with van der Waals surface area (Å²) in [6, 6.07) is 5.61. The van der Waals surface area contributed by atoms with Gasteiger partial charge in [0.1, 0.15) is 0 Å². The second-order valence-corrected chi connectivity index (χ2v) is 7.73. The van der Waals surface area contributed by atoms with E-state index in [1.165, 1.54) is 0 Å². The molecule has 2 aliphatic rings. The van der Waals surface area contributed by atoms with E-state index in [0.717, 1.165) is 49.6 Å². The van der Waals surface area contributed by atoms with E-state index >= 15 is 0 Å². The van der Waals surface area contributed by atoms with Crippen molar-refractivity contribution in [2.24, 2.45) is 5.73 Å². The Morgan fingerprint density at radius 2 is 2.18 bits per heavy atom. The number of piperidine rings is 1. The van der Waals surface area contributed by atoms with Gasteiger partial charge in [0.05, 0.1) is 23.2 Å². The van der Waals surface area contributed by atoms with Crippen molar-refractivity contribution in [3.05, 3.63) is 41.7 Å². The zero-order valence-corrected chi connectivity index (χ0v) is 16.2. The molecule has 2 fully saturated rings. The zero-order chi connectivity index (χ0) is 18.4. The lowest BCUT2D eigenvalue weighted by atomic mass is 9.77. The number of amides is 1. The second-order valence-electron chi connectivity index (χ2n) is 7.73. The number of aromatic amines is 1. The zero-order valence-electron chi connectivity index (χ0n) is 15.4. The van der Waals surface area contributed by atoms with Gasteiger partial charge in [0.25, 0.3) is 5.91 Å². The predicted octanol–water partition coefficient (Wildman–Crippen LogP) is 2.73. The fourth-order valence-corrected chi connectivity index (χ4v) is 4.01. The first kappa shape index (κ1) is 18.9. The topological polar surface area (TPSA) is 114 Å². The fourth-order valence-electron chi connectivity index (χ4n) is 4.01. The van der Waals surface area contributed by atoms with E-state index in [9.17, 15) is 4.79 Å². The predicted molar refractivity (Wildman–Crippen MR) is 105 cm³/mol. The van der Waals surface area contributed by atoms with Gasteiger partial charge >= 0.3 is 0 Å². The number of carbonyl (C=O) groups excluding carboxylic acids is 1. The number of nitrogens with one attached hydrogen (secondary N) is 1. The normalized spacial score (nSPS) is 21.2. The van der Waals surface area contributed by atoms with Crippen LogP contribution in [0.25, 0.3) is 10.9 Å². The van der Waals surface area contributed by atoms with Crippen LogP contribution < -0.4 is 5.73 Å². The average molecular weight is 403 g/mol. The number of hydrogen-bond donors (Lipinski definition) is 2. The molecule has 5 rings (SSSR count). The summed E-state index contributed by atoms with van der Waals surface area (Å²) >= 11 is 0. The lowest BCUT2D eigenvalue weighted by molar-refractivity contribution is 0.0696. The third-order valence-corrected chi connectivity index (χ3v) is 5.88. The molecule has 1 atom stereocenters. The first-order valence-electron chi connectivity index (χ1n) is 9.48. The van der Waals surface area contributed by atoms with E-state index in [2.05, 4.69) is 20.3 Å². The van der Waals surface area contributed by atoms with Crippen LogP contribution in [-0.4, -0.2) is 44.2 Å². The Morgan fingerprint density at radius 3 is 2.96 bits per heavy atom. The van der Waals surface area contributed by atoms with Gasteiger partial charge < -0.3 is 15.2 Å². The number of fused-ring (bicyclic) bond motifs is 1. The lowest BCUT2D eigenvalue weighted by Gasteiger charge is -2.34. The molecule has 0 spiro atoms. The summed E-state index contributed by atoms with van der Waals surface area (Å²) in [6.45, 7) is 1.32. The Balaban J connectivity index is 0.00000192. The van der Waals surface area contributed by atoms with Crippen LogP contribution >= 0.6 is 12.4 Å². The Bertz CT molecular complexity index is 995. The maximum Gasteiger partial charge on any atom is 0.253 e. The summed E-state index contributed by atoms with van der Waals surface area (Å²) in [5.74, 6) is 1.30. The van der Waals surface area contributed by atoms with Gasteiger partial charge in [-0.2, -0.15) is 10.1 Å². The third kappa shape index (κ3) is 3.16. The van der Waals surface area contributed by atoms with Crippen LogP contribution in [0.1, 0.15) is 60.1 Å². The van der Waals surface area contributed by atoms with E-state index in [1.54, 1.807) is 6.20 Å². The Labute approximate surface area is 168 Å². The molecule has 0 radical (unpaired) electrons. The largest absolute Gasteiger partial charge is 0.339 e. The van der Waals surface area contributed by atoms with Crippen molar-refractivity contribution in [2.75, 3.05) is 13.1 Å². The minimum Gasteiger partial charge on any atom is -0.339 e. The molecule has 3 aromatic rings. The van der Waals surface area contributed by atoms with Crippen molar-refractivity contribution in [1.82, 2.24) is 25.2 Å². The van der Waals surface area contributed by atoms with Crippen LogP contribution in [0.2, 0.25) is 0 Å². The van der Waals surface area contributed by atoms with Crippen LogP contribution in [0.15, 0.2) is 28.9 Å². The minimum absolute atomic E-state index is 0. The molecule has 148 valence electrons. The molecular weight excluding hydrogens is 380 g/mol. The quantitative estimate of drug-likeness (QED) is 0.696. The van der Waals surface area contributed by atoms with E-state index in [4.69, 9.17) is 10.3 Å². The van der Waals surface area contributed by atoms with Gasteiger partial charge in [-0.3, -0.25) is 9.89 Å². The standard InChI is InChI=1S/C19H22N6O2.ClH/c20-19(6-2-7-19)18-22-16(27-24-18)13-3-1-8-25(11-13)17(26)12-4-5-15-14(9-12)10-21-23-15;/h4-5,9-10,13H,1-3,6-8,11,20H2,(H,21,23);1H. The smallest absolute Gasteiger partial charge is 0.253 e. The summed E-state index contributed by atoms with van der Waals surface area (Å²) in [5, 5.41) is 12.0. The number of benzene rings is 1. The SMILES string of the molecule is Cl.NC1(c2noc(C3CCCN(C(=O)c4ccc5[nH]ncc5c4)C3)n2)CCC1. The van der Waals surface area contributed by atoms with Gasteiger partial charge in [0, 0.05) is 24.0 Å². The number of nitrogens with two attached hydrogens (primary N) is 1. The summed E-state index contributed by atoms with van der Waals surface area (Å²) in [5.41, 5.74) is 7.47. The number of halogens is 1. The number of hydrogen-bond acceptors (Lipinski definition) is 6. The van der Waals surface area contributed by atoms with E-state index < -0.39 is 5.54 Å². The van der Waals surface area contributed by atoms with E-state index in [1.807, 2.05) is 23.1 Å². The molecular formula is C19H23ClN6O2. The van der Waals surface area contributed by atoms with Crippen molar-refractivity contribution in [3.8, 4) is 0 Å². The molecule has 1 saturated carbocycles. The van der Waals surface area contributed by atoms with Crippen molar-refractivity contribution in [1.29, 1.82) is 0 Å². The maximum atomic E-state index is 13.0. The molecule has 2 aromatic heterocycles. The van der Waals surface area contributed by atoms with E-state index in [-0.39, 0.29) is 24.2 Å². The number of aromatic nitrogens is 4. The first-order valence-corrected chi connectivity index (χ1v) is 9.48. The highest BCUT2D eigenvalue weighted by Gasteiger charge is 2.40. The maximum absolute atomic E-state index is 13.0. The summed E-state index contributed by atoms with van der Waals surface area (Å²) < 4.78 is 5.52. The minimum atomic E-state index is -0.425. The number of nitrogens with zero attached hydrogens (tertiary/aromatic N) is 4. The van der Waals surface area contributed by atoms with Crippen LogP contribution in [0.4, 0.5) is 0 Å². The Hall–Kier alpha value is -2.45. The number of rotatable bonds is 3. The van der Waals surface area contributed by atoms with Crippen molar-refractivity contribution < 1.29 is 9.32 Å². The van der Waals surface area contributed by atoms with Crippen molar-refractivity contribution in [2.45, 2.75) is 43.6 Å². The second kappa shape index (κ2) is 7.18. The van der Waals surface area contributed by atoms with Gasteiger partial charge in [0.15, 0.2) is 5.82 Å². The molecule has 0 bridgehead atoms. The van der Waals surface area contributed by atoms with Gasteiger partial charge in [0.2, 0.25) is 5.89 Å². The highest BCUT2D eigenvalue weighted by molar-refractivity contribution is 5.97. The van der Waals surface area contributed by atoms with Crippen molar-refractivity contribution in [3.63, 3.8) is 0 Å².